The van der Waals surface area contributed by atoms with Crippen molar-refractivity contribution in [3.8, 4) is 0 Å². The number of likely N-dealkylation sites (N-methyl/N-ethyl adjacent to an activating group) is 1. The second-order valence-corrected chi connectivity index (χ2v) is 2.97. The number of pyridine rings is 1. The molecule has 0 aliphatic heterocycles. The number of anilines is 1. The normalized spacial score (nSPS) is 10.2. The van der Waals surface area contributed by atoms with Crippen LogP contribution in [-0.2, 0) is 0 Å². The fraction of sp³-hybridized carbons (Fsp3) is 0.444. The molecular weight excluding hydrogens is 150 g/mol. The van der Waals surface area contributed by atoms with E-state index in [1.165, 1.54) is 0 Å². The number of nitrogens with one attached hydrogen (secondary N) is 1. The van der Waals surface area contributed by atoms with E-state index in [0.717, 1.165) is 18.8 Å². The summed E-state index contributed by atoms with van der Waals surface area (Å²) in [6.45, 7) is 1.99. The molecule has 0 unspecified atom stereocenters. The smallest absolute Gasteiger partial charge is 0.0527 e. The Bertz CT molecular complexity index is 208. The van der Waals surface area contributed by atoms with E-state index in [2.05, 4.69) is 29.3 Å². The van der Waals surface area contributed by atoms with Gasteiger partial charge in [-0.05, 0) is 26.2 Å². The Balaban J connectivity index is 2.25. The highest BCUT2D eigenvalue weighted by molar-refractivity contribution is 5.39. The number of aromatic nitrogens is 1. The van der Waals surface area contributed by atoms with Gasteiger partial charge in [0.15, 0.2) is 0 Å². The molecule has 1 N–H and O–H groups in total. The van der Waals surface area contributed by atoms with Gasteiger partial charge in [0.05, 0.1) is 5.69 Å². The summed E-state index contributed by atoms with van der Waals surface area (Å²) in [6, 6.07) is 3.95. The number of hydrogen-bond acceptors (Lipinski definition) is 3. The van der Waals surface area contributed by atoms with Crippen LogP contribution in [0.15, 0.2) is 24.5 Å². The van der Waals surface area contributed by atoms with E-state index in [9.17, 15) is 0 Å². The average molecular weight is 165 g/mol. The monoisotopic (exact) mass is 165 g/mol. The molecular formula is C9H15N3. The summed E-state index contributed by atoms with van der Waals surface area (Å²) < 4.78 is 0. The minimum absolute atomic E-state index is 0.957. The number of rotatable bonds is 4. The van der Waals surface area contributed by atoms with Gasteiger partial charge in [0.2, 0.25) is 0 Å². The molecule has 0 spiro atoms. The predicted octanol–water partition coefficient (Wildman–Crippen LogP) is 1.06. The summed E-state index contributed by atoms with van der Waals surface area (Å²) in [6.07, 6.45) is 3.60. The van der Waals surface area contributed by atoms with Gasteiger partial charge in [-0.25, -0.2) is 0 Å². The van der Waals surface area contributed by atoms with Crippen molar-refractivity contribution >= 4 is 5.69 Å². The molecule has 1 rings (SSSR count). The lowest BCUT2D eigenvalue weighted by Gasteiger charge is -2.10. The van der Waals surface area contributed by atoms with Gasteiger partial charge in [0.25, 0.3) is 0 Å². The summed E-state index contributed by atoms with van der Waals surface area (Å²) in [5, 5.41) is 3.27. The van der Waals surface area contributed by atoms with Gasteiger partial charge < -0.3 is 10.2 Å². The van der Waals surface area contributed by atoms with Crippen LogP contribution in [0.2, 0.25) is 0 Å². The Kier molecular flexibility index (Phi) is 3.54. The first-order valence-electron chi connectivity index (χ1n) is 4.07. The highest BCUT2D eigenvalue weighted by atomic mass is 15.1. The van der Waals surface area contributed by atoms with Crippen molar-refractivity contribution < 1.29 is 0 Å². The Morgan fingerprint density at radius 2 is 2.33 bits per heavy atom. The molecule has 0 fully saturated rings. The van der Waals surface area contributed by atoms with Gasteiger partial charge in [-0.15, -0.1) is 0 Å². The minimum Gasteiger partial charge on any atom is -0.383 e. The molecule has 0 aliphatic rings. The van der Waals surface area contributed by atoms with Gasteiger partial charge in [-0.2, -0.15) is 0 Å². The van der Waals surface area contributed by atoms with Crippen LogP contribution in [0.5, 0.6) is 0 Å². The van der Waals surface area contributed by atoms with E-state index in [1.54, 1.807) is 6.20 Å². The highest BCUT2D eigenvalue weighted by Gasteiger charge is 1.90. The molecule has 0 aromatic carbocycles. The largest absolute Gasteiger partial charge is 0.383 e. The van der Waals surface area contributed by atoms with Crippen LogP contribution in [0.25, 0.3) is 0 Å². The van der Waals surface area contributed by atoms with Crippen molar-refractivity contribution in [2.75, 3.05) is 32.5 Å². The van der Waals surface area contributed by atoms with Crippen molar-refractivity contribution in [1.82, 2.24) is 9.88 Å². The standard InChI is InChI=1S/C9H15N3/c1-12(2)7-6-11-9-4-3-5-10-8-9/h3-5,8,11H,6-7H2,1-2H3. The van der Waals surface area contributed by atoms with E-state index in [4.69, 9.17) is 0 Å². The molecule has 1 heterocycles. The first-order valence-corrected chi connectivity index (χ1v) is 4.07. The van der Waals surface area contributed by atoms with E-state index in [0.29, 0.717) is 0 Å². The first kappa shape index (κ1) is 9.00. The van der Waals surface area contributed by atoms with Gasteiger partial charge in [-0.1, -0.05) is 0 Å². The molecule has 0 amide bonds. The molecule has 66 valence electrons. The zero-order valence-corrected chi connectivity index (χ0v) is 7.62. The molecule has 0 aliphatic carbocycles. The van der Waals surface area contributed by atoms with Crippen LogP contribution >= 0.6 is 0 Å². The Morgan fingerprint density at radius 1 is 1.50 bits per heavy atom. The maximum Gasteiger partial charge on any atom is 0.0527 e. The predicted molar refractivity (Wildman–Crippen MR) is 51.3 cm³/mol. The summed E-state index contributed by atoms with van der Waals surface area (Å²) in [5.74, 6) is 0. The van der Waals surface area contributed by atoms with Crippen molar-refractivity contribution in [1.29, 1.82) is 0 Å². The molecule has 3 nitrogen and oxygen atoms in total. The molecule has 12 heavy (non-hydrogen) atoms. The highest BCUT2D eigenvalue weighted by Crippen LogP contribution is 2.00. The summed E-state index contributed by atoms with van der Waals surface area (Å²) in [4.78, 5) is 6.15. The average Bonchev–Trinajstić information content (AvgIpc) is 2.05. The summed E-state index contributed by atoms with van der Waals surface area (Å²) in [7, 11) is 4.12. The third-order valence-electron chi connectivity index (χ3n) is 1.55. The summed E-state index contributed by atoms with van der Waals surface area (Å²) >= 11 is 0. The fourth-order valence-corrected chi connectivity index (χ4v) is 0.891. The van der Waals surface area contributed by atoms with Crippen LogP contribution < -0.4 is 5.32 Å². The van der Waals surface area contributed by atoms with Crippen LogP contribution in [0, 0.1) is 0 Å². The first-order chi connectivity index (χ1) is 5.79. The van der Waals surface area contributed by atoms with Crippen molar-refractivity contribution in [2.24, 2.45) is 0 Å². The van der Waals surface area contributed by atoms with E-state index in [-0.39, 0.29) is 0 Å². The molecule has 0 saturated carbocycles. The van der Waals surface area contributed by atoms with E-state index in [1.807, 2.05) is 18.3 Å². The lowest BCUT2D eigenvalue weighted by molar-refractivity contribution is 0.425. The van der Waals surface area contributed by atoms with Crippen molar-refractivity contribution in [2.45, 2.75) is 0 Å². The topological polar surface area (TPSA) is 28.2 Å². The summed E-state index contributed by atoms with van der Waals surface area (Å²) in [5.41, 5.74) is 1.08. The molecule has 1 aromatic rings. The molecule has 0 atom stereocenters. The molecule has 1 aromatic heterocycles. The van der Waals surface area contributed by atoms with Crippen molar-refractivity contribution in [3.63, 3.8) is 0 Å². The van der Waals surface area contributed by atoms with Crippen LogP contribution in [0.3, 0.4) is 0 Å². The zero-order valence-electron chi connectivity index (χ0n) is 7.62. The minimum atomic E-state index is 0.957. The van der Waals surface area contributed by atoms with Gasteiger partial charge in [0.1, 0.15) is 0 Å². The lowest BCUT2D eigenvalue weighted by atomic mass is 10.4. The molecule has 0 radical (unpaired) electrons. The van der Waals surface area contributed by atoms with Crippen LogP contribution in [0.1, 0.15) is 0 Å². The number of nitrogens with zero attached hydrogens (tertiary/aromatic N) is 2. The van der Waals surface area contributed by atoms with Crippen LogP contribution in [-0.4, -0.2) is 37.1 Å². The maximum atomic E-state index is 4.01. The van der Waals surface area contributed by atoms with Crippen molar-refractivity contribution in [3.05, 3.63) is 24.5 Å². The second kappa shape index (κ2) is 4.72. The Morgan fingerprint density at radius 3 is 2.92 bits per heavy atom. The number of hydrogen-bond donors (Lipinski definition) is 1. The van der Waals surface area contributed by atoms with E-state index >= 15 is 0 Å². The Labute approximate surface area is 73.4 Å². The van der Waals surface area contributed by atoms with E-state index < -0.39 is 0 Å². The zero-order chi connectivity index (χ0) is 8.81. The molecule has 0 saturated heterocycles. The Hall–Kier alpha value is -1.09. The SMILES string of the molecule is CN(C)CCNc1cccnc1. The fourth-order valence-electron chi connectivity index (χ4n) is 0.891. The second-order valence-electron chi connectivity index (χ2n) is 2.97. The lowest BCUT2D eigenvalue weighted by Crippen LogP contribution is -2.20. The molecule has 3 heteroatoms. The maximum absolute atomic E-state index is 4.01. The van der Waals surface area contributed by atoms with Crippen LogP contribution in [0.4, 0.5) is 5.69 Å². The third kappa shape index (κ3) is 3.34. The quantitative estimate of drug-likeness (QED) is 0.723. The van der Waals surface area contributed by atoms with Gasteiger partial charge in [0, 0.05) is 25.5 Å². The third-order valence-corrected chi connectivity index (χ3v) is 1.55. The molecule has 0 bridgehead atoms. The van der Waals surface area contributed by atoms with Gasteiger partial charge >= 0.3 is 0 Å². The van der Waals surface area contributed by atoms with Gasteiger partial charge in [-0.3, -0.25) is 4.98 Å².